The molecule has 0 unspecified atom stereocenters. The number of fused-ring (bicyclic) bond motifs is 1. The van der Waals surface area contributed by atoms with E-state index in [1.165, 1.54) is 11.1 Å². The molecule has 7 nitrogen and oxygen atoms in total. The van der Waals surface area contributed by atoms with Crippen LogP contribution in [0.15, 0.2) is 36.7 Å². The van der Waals surface area contributed by atoms with Crippen LogP contribution in [-0.4, -0.2) is 43.6 Å². The largest absolute Gasteiger partial charge is 0.410 e. The fraction of sp³-hybridized carbons (Fsp3) is 0.409. The van der Waals surface area contributed by atoms with Crippen molar-refractivity contribution in [2.45, 2.75) is 45.1 Å². The van der Waals surface area contributed by atoms with Crippen molar-refractivity contribution in [3.63, 3.8) is 0 Å². The van der Waals surface area contributed by atoms with Gasteiger partial charge in [-0.3, -0.25) is 9.48 Å². The zero-order chi connectivity index (χ0) is 23.2. The number of carbonyl (C=O) groups excluding carboxylic acids is 1. The van der Waals surface area contributed by atoms with Gasteiger partial charge in [0.05, 0.1) is 17.9 Å². The predicted octanol–water partition coefficient (Wildman–Crippen LogP) is 4.17. The maximum Gasteiger partial charge on any atom is 0.410 e. The van der Waals surface area contributed by atoms with E-state index < -0.39 is 24.2 Å². The van der Waals surface area contributed by atoms with E-state index in [-0.39, 0.29) is 24.3 Å². The van der Waals surface area contributed by atoms with Crippen LogP contribution in [0.4, 0.5) is 19.0 Å². The van der Waals surface area contributed by atoms with Crippen LogP contribution in [0, 0.1) is 13.8 Å². The number of benzene rings is 1. The van der Waals surface area contributed by atoms with Gasteiger partial charge in [0.1, 0.15) is 11.4 Å². The minimum Gasteiger partial charge on any atom is -0.363 e. The Labute approximate surface area is 183 Å². The van der Waals surface area contributed by atoms with Gasteiger partial charge in [0.2, 0.25) is 0 Å². The fourth-order valence-corrected chi connectivity index (χ4v) is 4.07. The van der Waals surface area contributed by atoms with Crippen LogP contribution in [0.5, 0.6) is 0 Å². The maximum atomic E-state index is 13.9. The average molecular weight is 446 g/mol. The summed E-state index contributed by atoms with van der Waals surface area (Å²) < 4.78 is 44.2. The molecule has 1 aliphatic rings. The molecular weight excluding hydrogens is 421 g/mol. The third kappa shape index (κ3) is 4.09. The molecule has 1 aliphatic heterocycles. The highest BCUT2D eigenvalue weighted by atomic mass is 19.4. The minimum absolute atomic E-state index is 0.0870. The summed E-state index contributed by atoms with van der Waals surface area (Å²) in [6, 6.07) is 4.93. The molecule has 2 atom stereocenters. The second-order valence-electron chi connectivity index (χ2n) is 8.33. The summed E-state index contributed by atoms with van der Waals surface area (Å²) >= 11 is 0. The first-order valence-electron chi connectivity index (χ1n) is 10.3. The molecule has 0 saturated carbocycles. The second kappa shape index (κ2) is 7.99. The van der Waals surface area contributed by atoms with Crippen LogP contribution in [0.1, 0.15) is 51.2 Å². The molecule has 170 valence electrons. The summed E-state index contributed by atoms with van der Waals surface area (Å²) in [5, 5.41) is 11.4. The van der Waals surface area contributed by atoms with Crippen LogP contribution in [-0.2, 0) is 13.6 Å². The molecule has 3 heterocycles. The number of nitrogens with zero attached hydrogens (tertiary/aromatic N) is 5. The Morgan fingerprint density at radius 2 is 1.94 bits per heavy atom. The Balaban J connectivity index is 1.66. The molecule has 0 radical (unpaired) electrons. The molecule has 1 N–H and O–H groups in total. The van der Waals surface area contributed by atoms with Gasteiger partial charge >= 0.3 is 6.18 Å². The van der Waals surface area contributed by atoms with Crippen molar-refractivity contribution in [2.75, 3.05) is 12.4 Å². The van der Waals surface area contributed by atoms with E-state index in [2.05, 4.69) is 15.5 Å². The molecule has 3 aromatic rings. The Kier molecular flexibility index (Phi) is 5.47. The molecule has 1 amide bonds. The van der Waals surface area contributed by atoms with E-state index in [1.54, 1.807) is 18.8 Å². The lowest BCUT2D eigenvalue weighted by Gasteiger charge is -2.34. The summed E-state index contributed by atoms with van der Waals surface area (Å²) in [4.78, 5) is 14.6. The predicted molar refractivity (Wildman–Crippen MR) is 113 cm³/mol. The number of aryl methyl sites for hydroxylation is 3. The van der Waals surface area contributed by atoms with Crippen molar-refractivity contribution in [3.05, 3.63) is 64.6 Å². The minimum atomic E-state index is -4.50. The average Bonchev–Trinajstić information content (AvgIpc) is 3.28. The molecule has 4 rings (SSSR count). The van der Waals surface area contributed by atoms with Crippen LogP contribution < -0.4 is 5.32 Å². The number of amides is 1. The summed E-state index contributed by atoms with van der Waals surface area (Å²) in [7, 11) is 3.40. The van der Waals surface area contributed by atoms with E-state index in [0.29, 0.717) is 0 Å². The first-order chi connectivity index (χ1) is 15.0. The van der Waals surface area contributed by atoms with Gasteiger partial charge in [0.15, 0.2) is 6.04 Å². The van der Waals surface area contributed by atoms with Crippen LogP contribution in [0.3, 0.4) is 0 Å². The first kappa shape index (κ1) is 21.9. The van der Waals surface area contributed by atoms with Gasteiger partial charge in [-0.2, -0.15) is 23.4 Å². The van der Waals surface area contributed by atoms with Crippen molar-refractivity contribution >= 4 is 11.7 Å². The van der Waals surface area contributed by atoms with E-state index in [9.17, 15) is 18.0 Å². The summed E-state index contributed by atoms with van der Waals surface area (Å²) in [5.41, 5.74) is 3.52. The first-order valence-corrected chi connectivity index (χ1v) is 10.3. The molecule has 0 spiro atoms. The summed E-state index contributed by atoms with van der Waals surface area (Å²) in [5.74, 6) is -0.323. The lowest BCUT2D eigenvalue weighted by atomic mass is 9.96. The number of aromatic nitrogens is 4. The summed E-state index contributed by atoms with van der Waals surface area (Å²) in [6.45, 7) is 4.05. The van der Waals surface area contributed by atoms with Crippen molar-refractivity contribution in [3.8, 4) is 0 Å². The molecule has 32 heavy (non-hydrogen) atoms. The Morgan fingerprint density at radius 1 is 1.25 bits per heavy atom. The van der Waals surface area contributed by atoms with E-state index in [1.807, 2.05) is 44.3 Å². The topological polar surface area (TPSA) is 68.0 Å². The van der Waals surface area contributed by atoms with Gasteiger partial charge in [-0.15, -0.1) is 0 Å². The molecule has 0 saturated heterocycles. The second-order valence-corrected chi connectivity index (χ2v) is 8.33. The number of hydrogen-bond acceptors (Lipinski definition) is 4. The van der Waals surface area contributed by atoms with Gasteiger partial charge < -0.3 is 10.2 Å². The maximum absolute atomic E-state index is 13.9. The van der Waals surface area contributed by atoms with Crippen molar-refractivity contribution in [2.24, 2.45) is 7.05 Å². The number of hydrogen-bond donors (Lipinski definition) is 1. The fourth-order valence-electron chi connectivity index (χ4n) is 4.07. The van der Waals surface area contributed by atoms with Gasteiger partial charge in [0.25, 0.3) is 5.91 Å². The monoisotopic (exact) mass is 446 g/mol. The quantitative estimate of drug-likeness (QED) is 0.653. The number of carbonyl (C=O) groups is 1. The molecule has 0 bridgehead atoms. The van der Waals surface area contributed by atoms with E-state index in [4.69, 9.17) is 0 Å². The lowest BCUT2D eigenvalue weighted by Crippen LogP contribution is -2.36. The highest BCUT2D eigenvalue weighted by Crippen LogP contribution is 2.44. The number of anilines is 1. The van der Waals surface area contributed by atoms with Crippen molar-refractivity contribution < 1.29 is 18.0 Å². The number of nitrogens with one attached hydrogen (secondary N) is 1. The van der Waals surface area contributed by atoms with Crippen molar-refractivity contribution in [1.29, 1.82) is 0 Å². The van der Waals surface area contributed by atoms with Crippen molar-refractivity contribution in [1.82, 2.24) is 24.5 Å². The van der Waals surface area contributed by atoms with Gasteiger partial charge in [0, 0.05) is 38.8 Å². The Morgan fingerprint density at radius 3 is 2.53 bits per heavy atom. The smallest absolute Gasteiger partial charge is 0.363 e. The van der Waals surface area contributed by atoms with Crippen LogP contribution in [0.2, 0.25) is 0 Å². The SMILES string of the molecule is Cc1ccc([C@H]2C[C@H](C(F)(F)F)n3ncc(C(=O)N(C)Cc4cn(C)nc4C)c3N2)cc1. The Bertz CT molecular complexity index is 1130. The zero-order valence-corrected chi connectivity index (χ0v) is 18.3. The number of halogens is 3. The highest BCUT2D eigenvalue weighted by molar-refractivity contribution is 5.98. The molecule has 1 aromatic carbocycles. The summed E-state index contributed by atoms with van der Waals surface area (Å²) in [6.07, 6.45) is -1.67. The third-order valence-corrected chi connectivity index (χ3v) is 5.82. The highest BCUT2D eigenvalue weighted by Gasteiger charge is 2.47. The molecule has 2 aromatic heterocycles. The van der Waals surface area contributed by atoms with E-state index >= 15 is 0 Å². The normalized spacial score (nSPS) is 18.2. The van der Waals surface area contributed by atoms with Crippen LogP contribution in [0.25, 0.3) is 0 Å². The van der Waals surface area contributed by atoms with Gasteiger partial charge in [-0.05, 0) is 19.4 Å². The van der Waals surface area contributed by atoms with E-state index in [0.717, 1.165) is 27.1 Å². The Hall–Kier alpha value is -3.30. The van der Waals surface area contributed by atoms with Crippen LogP contribution >= 0.6 is 0 Å². The standard InChI is InChI=1S/C22H25F3N6O/c1-13-5-7-15(8-6-13)18-9-19(22(23,24)25)31-20(27-18)17(10-26-31)21(32)29(3)11-16-12-30(4)28-14(16)2/h5-8,10,12,18-19,27H,9,11H2,1-4H3/t18-,19-/m1/s1. The number of alkyl halides is 3. The molecule has 0 aliphatic carbocycles. The number of rotatable bonds is 4. The van der Waals surface area contributed by atoms with Gasteiger partial charge in [-0.25, -0.2) is 4.68 Å². The molecular formula is C22H25F3N6O. The molecule has 0 fully saturated rings. The molecule has 10 heteroatoms. The zero-order valence-electron chi connectivity index (χ0n) is 18.3. The lowest BCUT2D eigenvalue weighted by molar-refractivity contribution is -0.173. The van der Waals surface area contributed by atoms with Gasteiger partial charge in [-0.1, -0.05) is 29.8 Å². The third-order valence-electron chi connectivity index (χ3n) is 5.82.